The van der Waals surface area contributed by atoms with Gasteiger partial charge in [-0.3, -0.25) is 0 Å². The molecule has 127 valence electrons. The van der Waals surface area contributed by atoms with Crippen molar-refractivity contribution in [2.24, 2.45) is 0 Å². The molecular formula is C23H17IOP. The molecule has 0 N–H and O–H groups in total. The van der Waals surface area contributed by atoms with Crippen LogP contribution in [0.5, 0.6) is 0 Å². The van der Waals surface area contributed by atoms with E-state index in [9.17, 15) is 4.57 Å². The molecule has 1 aliphatic rings. The Balaban J connectivity index is 1.96. The Morgan fingerprint density at radius 2 is 1.31 bits per heavy atom. The van der Waals surface area contributed by atoms with Crippen molar-refractivity contribution in [1.29, 1.82) is 0 Å². The van der Waals surface area contributed by atoms with Crippen molar-refractivity contribution in [3.63, 3.8) is 0 Å². The first-order chi connectivity index (χ1) is 12.7. The van der Waals surface area contributed by atoms with E-state index < -0.39 is 7.14 Å². The Hall–Kier alpha value is -1.38. The highest BCUT2D eigenvalue weighted by atomic mass is 127. The van der Waals surface area contributed by atoms with Crippen LogP contribution in [0.15, 0.2) is 84.9 Å². The van der Waals surface area contributed by atoms with Gasteiger partial charge >= 0.3 is 0 Å². The minimum Gasteiger partial charge on any atom is -0.313 e. The maximum atomic E-state index is 14.7. The van der Waals surface area contributed by atoms with Gasteiger partial charge in [0.1, 0.15) is 0 Å². The second-order valence-electron chi connectivity index (χ2n) is 6.09. The van der Waals surface area contributed by atoms with Crippen LogP contribution in [0.1, 0.15) is 0 Å². The van der Waals surface area contributed by atoms with Gasteiger partial charge in [-0.05, 0) is 30.4 Å². The molecule has 4 rings (SSSR count). The summed E-state index contributed by atoms with van der Waals surface area (Å²) >= 11 is 2.29. The highest BCUT2D eigenvalue weighted by Gasteiger charge is 2.45. The topological polar surface area (TPSA) is 17.1 Å². The van der Waals surface area contributed by atoms with Gasteiger partial charge in [-0.25, -0.2) is 0 Å². The highest BCUT2D eigenvalue weighted by molar-refractivity contribution is 14.1. The van der Waals surface area contributed by atoms with Crippen LogP contribution in [0.3, 0.4) is 0 Å². The fourth-order valence-electron chi connectivity index (χ4n) is 3.30. The molecule has 5 radical (unpaired) electrons. The largest absolute Gasteiger partial charge is 0.313 e. The van der Waals surface area contributed by atoms with Crippen LogP contribution < -0.4 is 10.6 Å². The summed E-state index contributed by atoms with van der Waals surface area (Å²) in [5.74, 6) is 0. The molecule has 3 heteroatoms. The lowest BCUT2D eigenvalue weighted by atomic mass is 10.1. The van der Waals surface area contributed by atoms with Crippen molar-refractivity contribution in [1.82, 2.24) is 0 Å². The van der Waals surface area contributed by atoms with Gasteiger partial charge < -0.3 is 4.57 Å². The van der Waals surface area contributed by atoms with Gasteiger partial charge in [0, 0.05) is 10.6 Å². The van der Waals surface area contributed by atoms with E-state index in [2.05, 4.69) is 40.8 Å². The van der Waals surface area contributed by atoms with Gasteiger partial charge in [0.2, 0.25) is 0 Å². The van der Waals surface area contributed by atoms with Gasteiger partial charge in [0.15, 0.2) is 7.14 Å². The monoisotopic (exact) mass is 467 g/mol. The second-order valence-corrected chi connectivity index (χ2v) is 9.95. The standard InChI is InChI=1S/C23H17IOP/c24-21-15-9-17-23(21)26(25,19-12-5-2-6-13-19)22-16-8-7-14-20(22)18-10-3-1-4-11-18/h1-17H/t26-/m1/s1. The summed E-state index contributed by atoms with van der Waals surface area (Å²) < 4.78 is 15.7. The zero-order valence-corrected chi connectivity index (χ0v) is 17.1. The quantitative estimate of drug-likeness (QED) is 0.351. The molecule has 0 aliphatic heterocycles. The predicted octanol–water partition coefficient (Wildman–Crippen LogP) is 5.79. The van der Waals surface area contributed by atoms with Gasteiger partial charge in [0.05, 0.1) is 9.58 Å². The van der Waals surface area contributed by atoms with Gasteiger partial charge in [-0.2, -0.15) is 0 Å². The lowest BCUT2D eigenvalue weighted by molar-refractivity contribution is 0.589. The first-order valence-corrected chi connectivity index (χ1v) is 11.2. The minimum atomic E-state index is -2.98. The molecular weight excluding hydrogens is 450 g/mol. The predicted molar refractivity (Wildman–Crippen MR) is 119 cm³/mol. The summed E-state index contributed by atoms with van der Waals surface area (Å²) in [5.41, 5.74) is 3.02. The van der Waals surface area contributed by atoms with E-state index in [-0.39, 0.29) is 0 Å². The zero-order valence-electron chi connectivity index (χ0n) is 14.0. The normalized spacial score (nSPS) is 17.9. The van der Waals surface area contributed by atoms with Crippen LogP contribution in [0.4, 0.5) is 0 Å². The maximum Gasteiger partial charge on any atom is 0.152 e. The fourth-order valence-corrected chi connectivity index (χ4v) is 7.62. The average Bonchev–Trinajstić information content (AvgIpc) is 3.15. The summed E-state index contributed by atoms with van der Waals surface area (Å²) in [5, 5.41) is 1.76. The molecule has 3 aromatic carbocycles. The van der Waals surface area contributed by atoms with Crippen LogP contribution in [0.25, 0.3) is 11.1 Å². The van der Waals surface area contributed by atoms with Crippen molar-refractivity contribution >= 4 is 40.3 Å². The molecule has 26 heavy (non-hydrogen) atoms. The second kappa shape index (κ2) is 7.70. The Bertz CT molecular complexity index is 923. The van der Waals surface area contributed by atoms with Gasteiger partial charge in [0.25, 0.3) is 0 Å². The number of halogens is 1. The summed E-state index contributed by atoms with van der Waals surface area (Å²) in [7, 11) is -2.98. The third-order valence-corrected chi connectivity index (χ3v) is 9.06. The molecule has 1 fully saturated rings. The molecule has 0 spiro atoms. The van der Waals surface area contributed by atoms with Gasteiger partial charge in [-0.1, -0.05) is 108 Å². The first kappa shape index (κ1) is 18.0. The molecule has 1 nitrogen and oxygen atoms in total. The van der Waals surface area contributed by atoms with E-state index in [1.807, 2.05) is 86.0 Å². The summed E-state index contributed by atoms with van der Waals surface area (Å²) in [6, 6.07) is 28.1. The first-order valence-electron chi connectivity index (χ1n) is 8.44. The van der Waals surface area contributed by atoms with Crippen LogP contribution in [-0.4, -0.2) is 0 Å². The average molecular weight is 467 g/mol. The Morgan fingerprint density at radius 3 is 1.96 bits per heavy atom. The van der Waals surface area contributed by atoms with Crippen LogP contribution in [0.2, 0.25) is 0 Å². The molecule has 0 heterocycles. The SMILES string of the molecule is O=[P@]([C]1[CH][CH][CH][C]1I)(c1ccccc1)c1ccccc1-c1ccccc1. The molecule has 1 saturated carbocycles. The van der Waals surface area contributed by atoms with E-state index >= 15 is 0 Å². The third-order valence-electron chi connectivity index (χ3n) is 4.53. The molecule has 3 aromatic rings. The van der Waals surface area contributed by atoms with Crippen LogP contribution >= 0.6 is 29.7 Å². The Kier molecular flexibility index (Phi) is 5.33. The molecule has 0 saturated heterocycles. The van der Waals surface area contributed by atoms with E-state index in [1.54, 1.807) is 0 Å². The van der Waals surface area contributed by atoms with E-state index in [0.29, 0.717) is 0 Å². The fraction of sp³-hybridized carbons (Fsp3) is 0. The van der Waals surface area contributed by atoms with E-state index in [4.69, 9.17) is 0 Å². The molecule has 1 aliphatic carbocycles. The summed E-state index contributed by atoms with van der Waals surface area (Å²) in [6.07, 6.45) is 6.01. The van der Waals surface area contributed by atoms with Crippen LogP contribution in [0, 0.1) is 28.8 Å². The van der Waals surface area contributed by atoms with Crippen LogP contribution in [-0.2, 0) is 4.57 Å². The van der Waals surface area contributed by atoms with Crippen molar-refractivity contribution in [2.45, 2.75) is 0 Å². The highest BCUT2D eigenvalue weighted by Crippen LogP contribution is 2.64. The minimum absolute atomic E-state index is 0.868. The number of benzene rings is 3. The van der Waals surface area contributed by atoms with Gasteiger partial charge in [-0.15, -0.1) is 0 Å². The Morgan fingerprint density at radius 1 is 0.692 bits per heavy atom. The molecule has 0 aromatic heterocycles. The van der Waals surface area contributed by atoms with E-state index in [1.165, 1.54) is 0 Å². The lowest BCUT2D eigenvalue weighted by Crippen LogP contribution is -2.23. The molecule has 0 amide bonds. The summed E-state index contributed by atoms with van der Waals surface area (Å²) in [6.45, 7) is 0. The van der Waals surface area contributed by atoms with E-state index in [0.717, 1.165) is 31.3 Å². The molecule has 0 unspecified atom stereocenters. The summed E-state index contributed by atoms with van der Waals surface area (Å²) in [4.78, 5) is 0. The number of hydrogen-bond donors (Lipinski definition) is 0. The number of hydrogen-bond acceptors (Lipinski definition) is 1. The zero-order chi connectivity index (χ0) is 18.0. The Labute approximate surface area is 169 Å². The molecule has 1 atom stereocenters. The van der Waals surface area contributed by atoms with Crippen molar-refractivity contribution < 1.29 is 4.57 Å². The molecule has 0 bridgehead atoms. The maximum absolute atomic E-state index is 14.7. The lowest BCUT2D eigenvalue weighted by Gasteiger charge is -2.28. The van der Waals surface area contributed by atoms with Crippen molar-refractivity contribution in [3.8, 4) is 11.1 Å². The smallest absolute Gasteiger partial charge is 0.152 e. The third kappa shape index (κ3) is 3.18. The number of rotatable bonds is 4. The van der Waals surface area contributed by atoms with Crippen molar-refractivity contribution in [2.75, 3.05) is 0 Å². The van der Waals surface area contributed by atoms with Crippen molar-refractivity contribution in [3.05, 3.63) is 114 Å².